The molecule has 1 N–H and O–H groups in total. The molecule has 20 heavy (non-hydrogen) atoms. The van der Waals surface area contributed by atoms with E-state index in [0.29, 0.717) is 4.47 Å². The molecule has 0 aliphatic carbocycles. The lowest BCUT2D eigenvalue weighted by Crippen LogP contribution is -2.05. The predicted molar refractivity (Wildman–Crippen MR) is 82.2 cm³/mol. The number of para-hydroxylation sites is 1. The van der Waals surface area contributed by atoms with Crippen molar-refractivity contribution < 1.29 is 0 Å². The highest BCUT2D eigenvalue weighted by molar-refractivity contribution is 7.15. The molecule has 6 heteroatoms. The standard InChI is InChI=1S/C14H13ClN4S/c15-14-17-9-12(20-14)8-16-13-5-2-1-4-11(13)10-19-7-3-6-18-19/h1-7,9,16H,8,10H2. The molecule has 0 bridgehead atoms. The molecule has 3 aromatic rings. The van der Waals surface area contributed by atoms with Crippen molar-refractivity contribution in [3.8, 4) is 0 Å². The molecule has 0 saturated heterocycles. The number of halogens is 1. The van der Waals surface area contributed by atoms with Crippen molar-refractivity contribution in [1.82, 2.24) is 14.8 Å². The topological polar surface area (TPSA) is 42.7 Å². The van der Waals surface area contributed by atoms with E-state index in [1.165, 1.54) is 16.9 Å². The fourth-order valence-electron chi connectivity index (χ4n) is 1.95. The van der Waals surface area contributed by atoms with Gasteiger partial charge in [-0.05, 0) is 17.7 Å². The second kappa shape index (κ2) is 6.07. The molecule has 2 aromatic heterocycles. The molecule has 2 heterocycles. The Morgan fingerprint density at radius 1 is 1.25 bits per heavy atom. The zero-order valence-corrected chi connectivity index (χ0v) is 12.2. The van der Waals surface area contributed by atoms with E-state index in [0.717, 1.165) is 23.7 Å². The Morgan fingerprint density at radius 2 is 2.15 bits per heavy atom. The van der Waals surface area contributed by atoms with Gasteiger partial charge in [0.25, 0.3) is 0 Å². The lowest BCUT2D eigenvalue weighted by Gasteiger charge is -2.11. The van der Waals surface area contributed by atoms with Gasteiger partial charge in [-0.3, -0.25) is 4.68 Å². The fraction of sp³-hybridized carbons (Fsp3) is 0.143. The summed E-state index contributed by atoms with van der Waals surface area (Å²) in [6.07, 6.45) is 5.55. The summed E-state index contributed by atoms with van der Waals surface area (Å²) in [5, 5.41) is 7.66. The third kappa shape index (κ3) is 3.18. The zero-order chi connectivity index (χ0) is 13.8. The van der Waals surface area contributed by atoms with Crippen molar-refractivity contribution in [2.24, 2.45) is 0 Å². The molecule has 0 amide bonds. The Morgan fingerprint density at radius 3 is 2.90 bits per heavy atom. The quantitative estimate of drug-likeness (QED) is 0.782. The summed E-state index contributed by atoms with van der Waals surface area (Å²) in [6, 6.07) is 10.2. The predicted octanol–water partition coefficient (Wildman–Crippen LogP) is 3.65. The molecule has 0 spiro atoms. The van der Waals surface area contributed by atoms with Crippen molar-refractivity contribution >= 4 is 28.6 Å². The minimum Gasteiger partial charge on any atom is -0.380 e. The number of rotatable bonds is 5. The van der Waals surface area contributed by atoms with Crippen molar-refractivity contribution in [3.63, 3.8) is 0 Å². The maximum atomic E-state index is 5.84. The Bertz CT molecular complexity index is 678. The summed E-state index contributed by atoms with van der Waals surface area (Å²) in [5.74, 6) is 0. The van der Waals surface area contributed by atoms with E-state index in [4.69, 9.17) is 11.6 Å². The van der Waals surface area contributed by atoms with Gasteiger partial charge < -0.3 is 5.32 Å². The highest BCUT2D eigenvalue weighted by Gasteiger charge is 2.04. The zero-order valence-electron chi connectivity index (χ0n) is 10.7. The van der Waals surface area contributed by atoms with E-state index in [-0.39, 0.29) is 0 Å². The number of nitrogens with zero attached hydrogens (tertiary/aromatic N) is 3. The van der Waals surface area contributed by atoms with Crippen LogP contribution in [0.2, 0.25) is 4.47 Å². The van der Waals surface area contributed by atoms with Crippen LogP contribution in [0.4, 0.5) is 5.69 Å². The van der Waals surface area contributed by atoms with E-state index in [1.807, 2.05) is 29.1 Å². The molecular formula is C14H13ClN4S. The van der Waals surface area contributed by atoms with Gasteiger partial charge in [0.05, 0.1) is 13.1 Å². The van der Waals surface area contributed by atoms with Crippen molar-refractivity contribution in [1.29, 1.82) is 0 Å². The minimum absolute atomic E-state index is 0.576. The van der Waals surface area contributed by atoms with Gasteiger partial charge >= 0.3 is 0 Å². The van der Waals surface area contributed by atoms with Gasteiger partial charge in [-0.25, -0.2) is 4.98 Å². The molecule has 0 fully saturated rings. The number of nitrogens with one attached hydrogen (secondary N) is 1. The number of thiazole rings is 1. The van der Waals surface area contributed by atoms with E-state index in [2.05, 4.69) is 27.5 Å². The van der Waals surface area contributed by atoms with E-state index in [1.54, 1.807) is 12.4 Å². The molecule has 4 nitrogen and oxygen atoms in total. The lowest BCUT2D eigenvalue weighted by atomic mass is 10.1. The number of aromatic nitrogens is 3. The summed E-state index contributed by atoms with van der Waals surface area (Å²) >= 11 is 7.33. The number of hydrogen-bond acceptors (Lipinski definition) is 4. The SMILES string of the molecule is Clc1ncc(CNc2ccccc2Cn2cccn2)s1. The average Bonchev–Trinajstić information content (AvgIpc) is 3.10. The van der Waals surface area contributed by atoms with Gasteiger partial charge in [0.1, 0.15) is 0 Å². The normalized spacial score (nSPS) is 10.7. The average molecular weight is 305 g/mol. The number of benzene rings is 1. The molecule has 0 aliphatic rings. The Hall–Kier alpha value is -1.85. The second-order valence-corrected chi connectivity index (χ2v) is 5.99. The molecule has 1 aromatic carbocycles. The van der Waals surface area contributed by atoms with Crippen molar-refractivity contribution in [2.75, 3.05) is 5.32 Å². The summed E-state index contributed by atoms with van der Waals surface area (Å²) in [5.41, 5.74) is 2.30. The third-order valence-corrected chi connectivity index (χ3v) is 4.00. The van der Waals surface area contributed by atoms with Gasteiger partial charge in [0.2, 0.25) is 0 Å². The Balaban J connectivity index is 1.72. The summed E-state index contributed by atoms with van der Waals surface area (Å²) in [6.45, 7) is 1.47. The highest BCUT2D eigenvalue weighted by Crippen LogP contribution is 2.21. The second-order valence-electron chi connectivity index (χ2n) is 4.29. The Kier molecular flexibility index (Phi) is 3.99. The molecule has 0 unspecified atom stereocenters. The molecule has 0 radical (unpaired) electrons. The van der Waals surface area contributed by atoms with Crippen molar-refractivity contribution in [3.05, 3.63) is 63.8 Å². The van der Waals surface area contributed by atoms with Crippen LogP contribution in [0.3, 0.4) is 0 Å². The summed E-state index contributed by atoms with van der Waals surface area (Å²) < 4.78 is 2.48. The molecular weight excluding hydrogens is 292 g/mol. The molecule has 0 atom stereocenters. The fourth-order valence-corrected chi connectivity index (χ4v) is 2.86. The first-order chi connectivity index (χ1) is 9.81. The first-order valence-corrected chi connectivity index (χ1v) is 7.40. The van der Waals surface area contributed by atoms with Gasteiger partial charge in [0, 0.05) is 29.2 Å². The van der Waals surface area contributed by atoms with Crippen LogP contribution in [0.5, 0.6) is 0 Å². The van der Waals surface area contributed by atoms with Gasteiger partial charge in [-0.2, -0.15) is 5.10 Å². The van der Waals surface area contributed by atoms with Gasteiger partial charge in [-0.15, -0.1) is 11.3 Å². The van der Waals surface area contributed by atoms with Crippen LogP contribution in [-0.2, 0) is 13.1 Å². The lowest BCUT2D eigenvalue weighted by molar-refractivity contribution is 0.687. The van der Waals surface area contributed by atoms with Crippen LogP contribution >= 0.6 is 22.9 Å². The van der Waals surface area contributed by atoms with E-state index >= 15 is 0 Å². The van der Waals surface area contributed by atoms with E-state index < -0.39 is 0 Å². The summed E-state index contributed by atoms with van der Waals surface area (Å²) in [4.78, 5) is 5.16. The summed E-state index contributed by atoms with van der Waals surface area (Å²) in [7, 11) is 0. The van der Waals surface area contributed by atoms with E-state index in [9.17, 15) is 0 Å². The first-order valence-electron chi connectivity index (χ1n) is 6.21. The number of anilines is 1. The molecule has 0 saturated carbocycles. The van der Waals surface area contributed by atoms with Crippen LogP contribution < -0.4 is 5.32 Å². The largest absolute Gasteiger partial charge is 0.380 e. The Labute approximate surface area is 126 Å². The van der Waals surface area contributed by atoms with Crippen LogP contribution in [0, 0.1) is 0 Å². The van der Waals surface area contributed by atoms with Crippen LogP contribution in [-0.4, -0.2) is 14.8 Å². The smallest absolute Gasteiger partial charge is 0.183 e. The van der Waals surface area contributed by atoms with Crippen LogP contribution in [0.25, 0.3) is 0 Å². The van der Waals surface area contributed by atoms with Crippen LogP contribution in [0.15, 0.2) is 48.9 Å². The molecule has 3 rings (SSSR count). The molecule has 0 aliphatic heterocycles. The van der Waals surface area contributed by atoms with Gasteiger partial charge in [0.15, 0.2) is 4.47 Å². The third-order valence-electron chi connectivity index (χ3n) is 2.89. The first kappa shape index (κ1) is 13.1. The monoisotopic (exact) mass is 304 g/mol. The van der Waals surface area contributed by atoms with Crippen molar-refractivity contribution in [2.45, 2.75) is 13.1 Å². The number of hydrogen-bond donors (Lipinski definition) is 1. The molecule has 102 valence electrons. The minimum atomic E-state index is 0.576. The maximum absolute atomic E-state index is 5.84. The highest BCUT2D eigenvalue weighted by atomic mass is 35.5. The maximum Gasteiger partial charge on any atom is 0.183 e. The van der Waals surface area contributed by atoms with Gasteiger partial charge in [-0.1, -0.05) is 29.8 Å². The van der Waals surface area contributed by atoms with Crippen LogP contribution in [0.1, 0.15) is 10.4 Å².